The summed E-state index contributed by atoms with van der Waals surface area (Å²) in [4.78, 5) is 4.22. The Morgan fingerprint density at radius 2 is 2.64 bits per heavy atom. The lowest BCUT2D eigenvalue weighted by atomic mass is 10.5. The number of hydrogen-bond acceptors (Lipinski definition) is 4. The summed E-state index contributed by atoms with van der Waals surface area (Å²) < 4.78 is 0. The maximum absolute atomic E-state index is 4.22. The molecule has 0 amide bonds. The van der Waals surface area contributed by atoms with Crippen molar-refractivity contribution in [3.05, 3.63) is 0 Å². The molecule has 0 radical (unpaired) electrons. The SMILES string of the molecule is CSCCCNC1=NCCN1. The third-order valence-corrected chi connectivity index (χ3v) is 2.19. The summed E-state index contributed by atoms with van der Waals surface area (Å²) in [5.41, 5.74) is 0. The molecule has 1 rings (SSSR count). The fourth-order valence-corrected chi connectivity index (χ4v) is 1.37. The minimum atomic E-state index is 0.921. The molecule has 4 heteroatoms. The van der Waals surface area contributed by atoms with E-state index in [9.17, 15) is 0 Å². The number of hydrogen-bond donors (Lipinski definition) is 2. The van der Waals surface area contributed by atoms with Gasteiger partial charge in [0, 0.05) is 13.1 Å². The highest BCUT2D eigenvalue weighted by Crippen LogP contribution is 1.93. The van der Waals surface area contributed by atoms with Gasteiger partial charge in [-0.1, -0.05) is 0 Å². The summed E-state index contributed by atoms with van der Waals surface area (Å²) in [7, 11) is 0. The lowest BCUT2D eigenvalue weighted by molar-refractivity contribution is 0.823. The summed E-state index contributed by atoms with van der Waals surface area (Å²) in [5, 5.41) is 6.41. The Labute approximate surface area is 72.0 Å². The van der Waals surface area contributed by atoms with E-state index < -0.39 is 0 Å². The van der Waals surface area contributed by atoms with E-state index in [2.05, 4.69) is 21.9 Å². The lowest BCUT2D eigenvalue weighted by Gasteiger charge is -2.04. The van der Waals surface area contributed by atoms with Crippen LogP contribution in [0.15, 0.2) is 4.99 Å². The van der Waals surface area contributed by atoms with Crippen LogP contribution in [0.1, 0.15) is 6.42 Å². The van der Waals surface area contributed by atoms with E-state index in [1.165, 1.54) is 12.2 Å². The average Bonchev–Trinajstić information content (AvgIpc) is 2.50. The van der Waals surface area contributed by atoms with E-state index in [0.29, 0.717) is 0 Å². The highest BCUT2D eigenvalue weighted by Gasteiger charge is 2.01. The molecule has 0 atom stereocenters. The van der Waals surface area contributed by atoms with E-state index in [0.717, 1.165) is 25.6 Å². The minimum Gasteiger partial charge on any atom is -0.356 e. The number of nitrogens with zero attached hydrogens (tertiary/aromatic N) is 1. The molecule has 0 saturated carbocycles. The van der Waals surface area contributed by atoms with Crippen molar-refractivity contribution in [2.24, 2.45) is 4.99 Å². The number of aliphatic imine (C=N–C) groups is 1. The Balaban J connectivity index is 1.94. The Hall–Kier alpha value is -0.380. The van der Waals surface area contributed by atoms with Crippen LogP contribution in [0.5, 0.6) is 0 Å². The monoisotopic (exact) mass is 173 g/mol. The van der Waals surface area contributed by atoms with Crippen molar-refractivity contribution in [3.8, 4) is 0 Å². The van der Waals surface area contributed by atoms with Crippen molar-refractivity contribution in [1.29, 1.82) is 0 Å². The van der Waals surface area contributed by atoms with Crippen molar-refractivity contribution < 1.29 is 0 Å². The normalized spacial score (nSPS) is 15.9. The van der Waals surface area contributed by atoms with Crippen LogP contribution < -0.4 is 10.6 Å². The second kappa shape index (κ2) is 5.29. The number of thioether (sulfide) groups is 1. The van der Waals surface area contributed by atoms with E-state index in [4.69, 9.17) is 0 Å². The van der Waals surface area contributed by atoms with Crippen LogP contribution in [0.3, 0.4) is 0 Å². The molecule has 0 aromatic heterocycles. The van der Waals surface area contributed by atoms with Crippen LogP contribution in [0.25, 0.3) is 0 Å². The highest BCUT2D eigenvalue weighted by atomic mass is 32.2. The first-order valence-electron chi connectivity index (χ1n) is 3.94. The van der Waals surface area contributed by atoms with Gasteiger partial charge in [0.15, 0.2) is 5.96 Å². The van der Waals surface area contributed by atoms with Gasteiger partial charge in [0.1, 0.15) is 0 Å². The third kappa shape index (κ3) is 3.51. The minimum absolute atomic E-state index is 0.921. The lowest BCUT2D eigenvalue weighted by Crippen LogP contribution is -2.34. The quantitative estimate of drug-likeness (QED) is 0.600. The third-order valence-electron chi connectivity index (χ3n) is 1.49. The Morgan fingerprint density at radius 3 is 3.27 bits per heavy atom. The Bertz CT molecular complexity index is 136. The molecular weight excluding hydrogens is 158 g/mol. The van der Waals surface area contributed by atoms with Gasteiger partial charge in [-0.2, -0.15) is 11.8 Å². The van der Waals surface area contributed by atoms with Gasteiger partial charge in [-0.25, -0.2) is 0 Å². The number of guanidine groups is 1. The van der Waals surface area contributed by atoms with Crippen LogP contribution >= 0.6 is 11.8 Å². The molecule has 1 aliphatic rings. The van der Waals surface area contributed by atoms with Gasteiger partial charge in [0.25, 0.3) is 0 Å². The fourth-order valence-electron chi connectivity index (χ4n) is 0.940. The summed E-state index contributed by atoms with van der Waals surface area (Å²) in [6, 6.07) is 0. The van der Waals surface area contributed by atoms with Crippen LogP contribution in [-0.2, 0) is 0 Å². The molecule has 0 saturated heterocycles. The molecular formula is C7H15N3S. The smallest absolute Gasteiger partial charge is 0.191 e. The highest BCUT2D eigenvalue weighted by molar-refractivity contribution is 7.98. The molecule has 2 N–H and O–H groups in total. The van der Waals surface area contributed by atoms with Crippen molar-refractivity contribution >= 4 is 17.7 Å². The molecule has 0 unspecified atom stereocenters. The largest absolute Gasteiger partial charge is 0.356 e. The van der Waals surface area contributed by atoms with E-state index >= 15 is 0 Å². The zero-order chi connectivity index (χ0) is 7.94. The number of rotatable bonds is 4. The van der Waals surface area contributed by atoms with Gasteiger partial charge in [0.2, 0.25) is 0 Å². The van der Waals surface area contributed by atoms with Gasteiger partial charge in [0.05, 0.1) is 6.54 Å². The summed E-state index contributed by atoms with van der Waals surface area (Å²) in [6.07, 6.45) is 3.34. The Morgan fingerprint density at radius 1 is 1.73 bits per heavy atom. The molecule has 0 bridgehead atoms. The zero-order valence-corrected chi connectivity index (χ0v) is 7.71. The molecule has 11 heavy (non-hydrogen) atoms. The second-order valence-electron chi connectivity index (χ2n) is 2.43. The van der Waals surface area contributed by atoms with Crippen LogP contribution in [0.2, 0.25) is 0 Å². The van der Waals surface area contributed by atoms with E-state index in [-0.39, 0.29) is 0 Å². The predicted octanol–water partition coefficient (Wildman–Crippen LogP) is 0.288. The van der Waals surface area contributed by atoms with Crippen molar-refractivity contribution in [2.75, 3.05) is 31.6 Å². The molecule has 0 aromatic rings. The van der Waals surface area contributed by atoms with Gasteiger partial charge in [-0.15, -0.1) is 0 Å². The summed E-state index contributed by atoms with van der Waals surface area (Å²) >= 11 is 1.88. The van der Waals surface area contributed by atoms with Gasteiger partial charge in [-0.05, 0) is 18.4 Å². The first-order valence-corrected chi connectivity index (χ1v) is 5.34. The summed E-state index contributed by atoms with van der Waals surface area (Å²) in [6.45, 7) is 2.95. The van der Waals surface area contributed by atoms with Crippen LogP contribution in [-0.4, -0.2) is 37.6 Å². The zero-order valence-electron chi connectivity index (χ0n) is 6.89. The topological polar surface area (TPSA) is 36.4 Å². The van der Waals surface area contributed by atoms with Crippen molar-refractivity contribution in [1.82, 2.24) is 10.6 Å². The van der Waals surface area contributed by atoms with Gasteiger partial charge >= 0.3 is 0 Å². The molecule has 0 aliphatic carbocycles. The fraction of sp³-hybridized carbons (Fsp3) is 0.857. The Kier molecular flexibility index (Phi) is 4.19. The maximum Gasteiger partial charge on any atom is 0.191 e. The van der Waals surface area contributed by atoms with E-state index in [1.54, 1.807) is 0 Å². The summed E-state index contributed by atoms with van der Waals surface area (Å²) in [5.74, 6) is 2.20. The molecule has 0 fully saturated rings. The van der Waals surface area contributed by atoms with Gasteiger partial charge < -0.3 is 10.6 Å². The maximum atomic E-state index is 4.22. The first-order chi connectivity index (χ1) is 5.43. The van der Waals surface area contributed by atoms with Crippen molar-refractivity contribution in [2.45, 2.75) is 6.42 Å². The van der Waals surface area contributed by atoms with E-state index in [1.807, 2.05) is 11.8 Å². The standard InChI is InChI=1S/C7H15N3S/c1-11-6-2-3-8-7-9-4-5-10-7/h2-6H2,1H3,(H2,8,9,10). The van der Waals surface area contributed by atoms with Crippen LogP contribution in [0, 0.1) is 0 Å². The molecule has 1 heterocycles. The van der Waals surface area contributed by atoms with Crippen molar-refractivity contribution in [3.63, 3.8) is 0 Å². The molecule has 1 aliphatic heterocycles. The first kappa shape index (κ1) is 8.71. The number of nitrogens with one attached hydrogen (secondary N) is 2. The van der Waals surface area contributed by atoms with Gasteiger partial charge in [-0.3, -0.25) is 4.99 Å². The predicted molar refractivity (Wildman–Crippen MR) is 51.3 cm³/mol. The molecule has 64 valence electrons. The molecule has 0 aromatic carbocycles. The van der Waals surface area contributed by atoms with Crippen LogP contribution in [0.4, 0.5) is 0 Å². The molecule has 3 nitrogen and oxygen atoms in total. The average molecular weight is 173 g/mol. The second-order valence-corrected chi connectivity index (χ2v) is 3.42. The molecule has 0 spiro atoms.